The fourth-order valence-electron chi connectivity index (χ4n) is 6.29. The Balaban J connectivity index is 1.36. The van der Waals surface area contributed by atoms with E-state index in [2.05, 4.69) is 53.4 Å². The van der Waals surface area contributed by atoms with Crippen LogP contribution in [0.5, 0.6) is 0 Å². The number of nitrogens with zero attached hydrogens (tertiary/aromatic N) is 1. The highest BCUT2D eigenvalue weighted by atomic mass is 16.6. The second kappa shape index (κ2) is 17.9. The van der Waals surface area contributed by atoms with Gasteiger partial charge in [-0.1, -0.05) is 152 Å². The van der Waals surface area contributed by atoms with Gasteiger partial charge in [-0.05, 0) is 27.8 Å². The number of hydrogen-bond acceptors (Lipinski definition) is 6. The predicted molar refractivity (Wildman–Crippen MR) is 188 cm³/mol. The molecule has 1 N–H and O–H groups in total. The van der Waals surface area contributed by atoms with E-state index < -0.39 is 24.4 Å². The first kappa shape index (κ1) is 33.7. The van der Waals surface area contributed by atoms with E-state index in [1.54, 1.807) is 0 Å². The summed E-state index contributed by atoms with van der Waals surface area (Å²) in [5.74, 6) is 0. The van der Waals surface area contributed by atoms with Crippen molar-refractivity contribution >= 4 is 0 Å². The van der Waals surface area contributed by atoms with Crippen molar-refractivity contribution in [1.82, 2.24) is 4.90 Å². The summed E-state index contributed by atoms with van der Waals surface area (Å²) in [5.41, 5.74) is 5.37. The fraction of sp³-hybridized carbons (Fsp3) is 0.286. The number of aliphatic hydroxyl groups excluding tert-OH is 1. The number of ether oxygens (including phenoxy) is 4. The van der Waals surface area contributed by atoms with Crippen molar-refractivity contribution in [3.63, 3.8) is 0 Å². The van der Waals surface area contributed by atoms with Gasteiger partial charge in [-0.3, -0.25) is 4.90 Å². The van der Waals surface area contributed by atoms with Gasteiger partial charge in [0.05, 0.1) is 45.2 Å². The monoisotopic (exact) mass is 643 g/mol. The zero-order valence-electron chi connectivity index (χ0n) is 27.3. The summed E-state index contributed by atoms with van der Waals surface area (Å²) in [6, 6.07) is 50.7. The molecular formula is C42H45NO5. The Morgan fingerprint density at radius 1 is 0.458 bits per heavy atom. The third-order valence-corrected chi connectivity index (χ3v) is 8.78. The van der Waals surface area contributed by atoms with Crippen LogP contribution in [0.2, 0.25) is 0 Å². The molecule has 5 atom stereocenters. The third kappa shape index (κ3) is 9.70. The van der Waals surface area contributed by atoms with Crippen LogP contribution < -0.4 is 0 Å². The molecule has 0 saturated carbocycles. The Morgan fingerprint density at radius 3 is 1.29 bits per heavy atom. The zero-order valence-corrected chi connectivity index (χ0v) is 27.3. The topological polar surface area (TPSA) is 60.4 Å². The van der Waals surface area contributed by atoms with Crippen LogP contribution in [-0.4, -0.2) is 53.6 Å². The van der Waals surface area contributed by atoms with Crippen molar-refractivity contribution in [3.05, 3.63) is 179 Å². The number of β-amino-alcohol motifs (C(OH)–C–C–N with tert-alkyl or cyclic N) is 1. The fourth-order valence-corrected chi connectivity index (χ4v) is 6.29. The molecule has 0 unspecified atom stereocenters. The van der Waals surface area contributed by atoms with Crippen LogP contribution in [-0.2, 0) is 51.9 Å². The van der Waals surface area contributed by atoms with E-state index in [1.807, 2.05) is 103 Å². The second-order valence-corrected chi connectivity index (χ2v) is 12.3. The SMILES string of the molecule is O[C@@H]1CN(Cc2ccccc2)[C@@H](COCc2ccccc2)[C@@H](OCc2ccccc2)[C@H](OCc2ccccc2)[C@@H]1OCc1ccccc1. The highest BCUT2D eigenvalue weighted by Crippen LogP contribution is 2.30. The number of benzene rings is 5. The van der Waals surface area contributed by atoms with Crippen LogP contribution in [0.4, 0.5) is 0 Å². The number of rotatable bonds is 15. The first-order chi connectivity index (χ1) is 23.7. The van der Waals surface area contributed by atoms with E-state index in [-0.39, 0.29) is 6.04 Å². The number of likely N-dealkylation sites (tertiary alicyclic amines) is 1. The standard InChI is InChI=1S/C42H45NO5/c44-39-27-43(26-33-16-6-1-7-17-33)38(32-45-28-34-18-8-2-9-19-34)40(46-29-35-20-10-3-11-21-35)42(48-31-37-24-14-5-15-25-37)41(39)47-30-36-22-12-4-13-23-36/h1-25,38-42,44H,26-32H2/t38-,39+,40+,41+,42-/m0/s1. The minimum Gasteiger partial charge on any atom is -0.389 e. The average Bonchev–Trinajstić information content (AvgIpc) is 3.24. The lowest BCUT2D eigenvalue weighted by molar-refractivity contribution is -0.179. The molecule has 0 amide bonds. The molecule has 1 saturated heterocycles. The summed E-state index contributed by atoms with van der Waals surface area (Å²) in [6.45, 7) is 2.90. The number of aliphatic hydroxyl groups is 1. The maximum absolute atomic E-state index is 12.0. The molecule has 1 aliphatic rings. The molecule has 5 aromatic rings. The van der Waals surface area contributed by atoms with E-state index in [0.29, 0.717) is 46.1 Å². The average molecular weight is 644 g/mol. The molecule has 0 aliphatic carbocycles. The van der Waals surface area contributed by atoms with E-state index >= 15 is 0 Å². The summed E-state index contributed by atoms with van der Waals surface area (Å²) >= 11 is 0. The van der Waals surface area contributed by atoms with Gasteiger partial charge in [0.1, 0.15) is 18.3 Å². The lowest BCUT2D eigenvalue weighted by atomic mass is 9.99. The van der Waals surface area contributed by atoms with E-state index in [4.69, 9.17) is 18.9 Å². The Morgan fingerprint density at radius 2 is 0.833 bits per heavy atom. The van der Waals surface area contributed by atoms with Crippen molar-refractivity contribution in [2.24, 2.45) is 0 Å². The van der Waals surface area contributed by atoms with Crippen molar-refractivity contribution in [2.45, 2.75) is 63.4 Å². The van der Waals surface area contributed by atoms with Crippen LogP contribution in [0.1, 0.15) is 27.8 Å². The van der Waals surface area contributed by atoms with Gasteiger partial charge >= 0.3 is 0 Å². The van der Waals surface area contributed by atoms with Crippen LogP contribution in [0, 0.1) is 0 Å². The van der Waals surface area contributed by atoms with E-state index in [0.717, 1.165) is 27.8 Å². The Hall–Kier alpha value is -4.14. The zero-order chi connectivity index (χ0) is 32.8. The molecule has 5 aromatic carbocycles. The Bertz CT molecular complexity index is 1590. The molecule has 248 valence electrons. The van der Waals surface area contributed by atoms with Gasteiger partial charge in [-0.25, -0.2) is 0 Å². The first-order valence-corrected chi connectivity index (χ1v) is 16.8. The third-order valence-electron chi connectivity index (χ3n) is 8.78. The van der Waals surface area contributed by atoms with Gasteiger partial charge in [0.15, 0.2) is 0 Å². The van der Waals surface area contributed by atoms with Crippen molar-refractivity contribution in [1.29, 1.82) is 0 Å². The summed E-state index contributed by atoms with van der Waals surface area (Å²) < 4.78 is 26.9. The quantitative estimate of drug-likeness (QED) is 0.130. The summed E-state index contributed by atoms with van der Waals surface area (Å²) in [6.07, 6.45) is -2.60. The minimum atomic E-state index is -0.847. The lowest BCUT2D eigenvalue weighted by Crippen LogP contribution is -2.53. The molecule has 0 aromatic heterocycles. The predicted octanol–water partition coefficient (Wildman–Crippen LogP) is 7.20. The van der Waals surface area contributed by atoms with Crippen molar-refractivity contribution in [2.75, 3.05) is 13.2 Å². The molecule has 1 fully saturated rings. The molecule has 6 nitrogen and oxygen atoms in total. The van der Waals surface area contributed by atoms with E-state index in [9.17, 15) is 5.11 Å². The normalized spacial score (nSPS) is 21.5. The maximum atomic E-state index is 12.0. The molecular weight excluding hydrogens is 598 g/mol. The highest BCUT2D eigenvalue weighted by Gasteiger charge is 2.47. The molecule has 0 radical (unpaired) electrons. The van der Waals surface area contributed by atoms with Gasteiger partial charge in [-0.2, -0.15) is 0 Å². The van der Waals surface area contributed by atoms with E-state index in [1.165, 1.54) is 0 Å². The highest BCUT2D eigenvalue weighted by molar-refractivity contribution is 5.18. The van der Waals surface area contributed by atoms with Gasteiger partial charge in [0, 0.05) is 13.1 Å². The van der Waals surface area contributed by atoms with Crippen LogP contribution >= 0.6 is 0 Å². The summed E-state index contributed by atoms with van der Waals surface area (Å²) in [7, 11) is 0. The summed E-state index contributed by atoms with van der Waals surface area (Å²) in [5, 5.41) is 12.0. The molecule has 1 aliphatic heterocycles. The molecule has 6 heteroatoms. The summed E-state index contributed by atoms with van der Waals surface area (Å²) in [4.78, 5) is 2.28. The smallest absolute Gasteiger partial charge is 0.114 e. The Kier molecular flexibility index (Phi) is 12.6. The molecule has 0 bridgehead atoms. The van der Waals surface area contributed by atoms with Crippen LogP contribution in [0.3, 0.4) is 0 Å². The van der Waals surface area contributed by atoms with Gasteiger partial charge in [0.2, 0.25) is 0 Å². The van der Waals surface area contributed by atoms with Crippen LogP contribution in [0.15, 0.2) is 152 Å². The Labute approximate surface area is 284 Å². The maximum Gasteiger partial charge on any atom is 0.114 e. The second-order valence-electron chi connectivity index (χ2n) is 12.3. The van der Waals surface area contributed by atoms with Crippen LogP contribution in [0.25, 0.3) is 0 Å². The van der Waals surface area contributed by atoms with Gasteiger partial charge in [-0.15, -0.1) is 0 Å². The van der Waals surface area contributed by atoms with Gasteiger partial charge < -0.3 is 24.1 Å². The largest absolute Gasteiger partial charge is 0.389 e. The van der Waals surface area contributed by atoms with Crippen molar-refractivity contribution < 1.29 is 24.1 Å². The molecule has 0 spiro atoms. The molecule has 1 heterocycles. The first-order valence-electron chi connectivity index (χ1n) is 16.8. The van der Waals surface area contributed by atoms with Crippen molar-refractivity contribution in [3.8, 4) is 0 Å². The molecule has 48 heavy (non-hydrogen) atoms. The lowest BCUT2D eigenvalue weighted by Gasteiger charge is -2.38. The van der Waals surface area contributed by atoms with Gasteiger partial charge in [0.25, 0.3) is 0 Å². The minimum absolute atomic E-state index is 0.252. The number of hydrogen-bond donors (Lipinski definition) is 1. The molecule has 6 rings (SSSR count).